The Kier molecular flexibility index (Phi) is 4.72. The third-order valence-corrected chi connectivity index (χ3v) is 5.88. The average molecular weight is 413 g/mol. The Hall–Kier alpha value is -3.58. The molecule has 5 aromatic rings. The maximum atomic E-state index is 4.87. The van der Waals surface area contributed by atoms with Crippen molar-refractivity contribution in [3.8, 4) is 16.3 Å². The minimum atomic E-state index is 0.609. The predicted octanol–water partition coefficient (Wildman–Crippen LogP) is 5.17. The van der Waals surface area contributed by atoms with Gasteiger partial charge in [0.25, 0.3) is 0 Å². The number of fused-ring (bicyclic) bond motifs is 1. The molecule has 6 nitrogen and oxygen atoms in total. The Labute approximate surface area is 178 Å². The van der Waals surface area contributed by atoms with Crippen LogP contribution in [0, 0.1) is 13.8 Å². The van der Waals surface area contributed by atoms with E-state index in [0.717, 1.165) is 50.1 Å². The van der Waals surface area contributed by atoms with E-state index in [4.69, 9.17) is 15.1 Å². The number of nitrogens with zero attached hydrogens (tertiary/aromatic N) is 5. The number of benzene rings is 1. The van der Waals surface area contributed by atoms with Gasteiger partial charge in [-0.25, -0.2) is 14.6 Å². The molecule has 0 saturated carbocycles. The largest absolute Gasteiger partial charge is 0.364 e. The zero-order valence-electron chi connectivity index (χ0n) is 16.7. The fraction of sp³-hybridized carbons (Fsp3) is 0.130. The molecule has 30 heavy (non-hydrogen) atoms. The van der Waals surface area contributed by atoms with Crippen molar-refractivity contribution >= 4 is 28.2 Å². The highest BCUT2D eigenvalue weighted by Gasteiger charge is 2.14. The Morgan fingerprint density at radius 2 is 1.80 bits per heavy atom. The highest BCUT2D eigenvalue weighted by Crippen LogP contribution is 2.27. The Morgan fingerprint density at radius 3 is 2.60 bits per heavy atom. The van der Waals surface area contributed by atoms with Crippen molar-refractivity contribution in [1.29, 1.82) is 0 Å². The normalized spacial score (nSPS) is 11.1. The lowest BCUT2D eigenvalue weighted by Gasteiger charge is -2.08. The highest BCUT2D eigenvalue weighted by molar-refractivity contribution is 7.13. The topological polar surface area (TPSA) is 68.5 Å². The van der Waals surface area contributed by atoms with E-state index < -0.39 is 0 Å². The Bertz CT molecular complexity index is 1310. The van der Waals surface area contributed by atoms with Gasteiger partial charge in [0.2, 0.25) is 0 Å². The van der Waals surface area contributed by atoms with Gasteiger partial charge in [0.1, 0.15) is 10.8 Å². The van der Waals surface area contributed by atoms with E-state index in [1.165, 1.54) is 0 Å². The highest BCUT2D eigenvalue weighted by atomic mass is 32.1. The lowest BCUT2D eigenvalue weighted by molar-refractivity contribution is 0.877. The van der Waals surface area contributed by atoms with Gasteiger partial charge in [-0.1, -0.05) is 18.2 Å². The van der Waals surface area contributed by atoms with Crippen LogP contribution >= 0.6 is 11.3 Å². The summed E-state index contributed by atoms with van der Waals surface area (Å²) in [5.74, 6) is 0.815. The van der Waals surface area contributed by atoms with E-state index in [1.807, 2.05) is 54.1 Å². The summed E-state index contributed by atoms with van der Waals surface area (Å²) in [6.07, 6.45) is 3.57. The monoisotopic (exact) mass is 412 g/mol. The molecule has 0 aliphatic carbocycles. The minimum absolute atomic E-state index is 0.609. The molecular weight excluding hydrogens is 392 g/mol. The summed E-state index contributed by atoms with van der Waals surface area (Å²) in [6.45, 7) is 4.74. The summed E-state index contributed by atoms with van der Waals surface area (Å²) < 4.78 is 1.91. The molecule has 4 aromatic heterocycles. The molecule has 4 heterocycles. The van der Waals surface area contributed by atoms with E-state index >= 15 is 0 Å². The van der Waals surface area contributed by atoms with Crippen LogP contribution in [0.2, 0.25) is 0 Å². The Balaban J connectivity index is 1.44. The van der Waals surface area contributed by atoms with Gasteiger partial charge >= 0.3 is 0 Å². The number of rotatable bonds is 5. The lowest BCUT2D eigenvalue weighted by atomic mass is 10.1. The third kappa shape index (κ3) is 3.44. The summed E-state index contributed by atoms with van der Waals surface area (Å²) in [5, 5.41) is 12.3. The molecule has 0 bridgehead atoms. The van der Waals surface area contributed by atoms with E-state index in [2.05, 4.69) is 28.7 Å². The van der Waals surface area contributed by atoms with Crippen molar-refractivity contribution < 1.29 is 0 Å². The molecule has 0 amide bonds. The molecule has 1 N–H and O–H groups in total. The molecule has 0 spiro atoms. The first kappa shape index (κ1) is 18.4. The molecule has 0 saturated heterocycles. The van der Waals surface area contributed by atoms with Gasteiger partial charge in [0.15, 0.2) is 5.65 Å². The van der Waals surface area contributed by atoms with Crippen LogP contribution in [0.5, 0.6) is 0 Å². The SMILES string of the molecule is Cc1cc(NCc2csc(-c3ccncc3)n2)nc2c1c(C)nn2-c1ccccc1. The molecule has 0 radical (unpaired) electrons. The van der Waals surface area contributed by atoms with Crippen molar-refractivity contribution in [3.63, 3.8) is 0 Å². The van der Waals surface area contributed by atoms with Crippen molar-refractivity contribution in [3.05, 3.63) is 83.3 Å². The maximum absolute atomic E-state index is 4.87. The van der Waals surface area contributed by atoms with Gasteiger partial charge in [0.05, 0.1) is 23.6 Å². The van der Waals surface area contributed by atoms with Gasteiger partial charge in [0, 0.05) is 28.7 Å². The van der Waals surface area contributed by atoms with E-state index in [1.54, 1.807) is 23.7 Å². The van der Waals surface area contributed by atoms with E-state index in [-0.39, 0.29) is 0 Å². The standard InChI is InChI=1S/C23H20N6S/c1-15-12-20(25-13-18-14-30-23(26-18)17-8-10-24-11-9-17)27-22-21(15)16(2)28-29(22)19-6-4-3-5-7-19/h3-12,14H,13H2,1-2H3,(H,25,27). The number of anilines is 1. The van der Waals surface area contributed by atoms with Gasteiger partial charge in [-0.2, -0.15) is 5.10 Å². The van der Waals surface area contributed by atoms with Crippen molar-refractivity contribution in [2.75, 3.05) is 5.32 Å². The zero-order chi connectivity index (χ0) is 20.5. The van der Waals surface area contributed by atoms with Crippen molar-refractivity contribution in [2.24, 2.45) is 0 Å². The first-order valence-corrected chi connectivity index (χ1v) is 10.6. The van der Waals surface area contributed by atoms with Crippen LogP contribution in [-0.4, -0.2) is 24.7 Å². The number of aromatic nitrogens is 5. The van der Waals surface area contributed by atoms with Crippen molar-refractivity contribution in [1.82, 2.24) is 24.7 Å². The van der Waals surface area contributed by atoms with Gasteiger partial charge in [-0.3, -0.25) is 4.98 Å². The van der Waals surface area contributed by atoms with Gasteiger partial charge in [-0.15, -0.1) is 11.3 Å². The maximum Gasteiger partial charge on any atom is 0.165 e. The van der Waals surface area contributed by atoms with E-state index in [0.29, 0.717) is 6.54 Å². The minimum Gasteiger partial charge on any atom is -0.364 e. The zero-order valence-corrected chi connectivity index (χ0v) is 17.5. The lowest BCUT2D eigenvalue weighted by Crippen LogP contribution is -2.04. The first-order valence-electron chi connectivity index (χ1n) is 9.70. The van der Waals surface area contributed by atoms with Crippen LogP contribution in [0.3, 0.4) is 0 Å². The molecule has 0 aliphatic heterocycles. The average Bonchev–Trinajstić information content (AvgIpc) is 3.38. The number of hydrogen-bond acceptors (Lipinski definition) is 6. The molecule has 0 aliphatic rings. The van der Waals surface area contributed by atoms with Crippen LogP contribution in [0.25, 0.3) is 27.3 Å². The summed E-state index contributed by atoms with van der Waals surface area (Å²) in [5.41, 5.74) is 6.06. The number of aryl methyl sites for hydroxylation is 2. The summed E-state index contributed by atoms with van der Waals surface area (Å²) in [6, 6.07) is 16.1. The third-order valence-electron chi connectivity index (χ3n) is 4.94. The molecule has 7 heteroatoms. The van der Waals surface area contributed by atoms with Crippen molar-refractivity contribution in [2.45, 2.75) is 20.4 Å². The molecule has 0 fully saturated rings. The predicted molar refractivity (Wildman–Crippen MR) is 121 cm³/mol. The van der Waals surface area contributed by atoms with Crippen LogP contribution in [0.4, 0.5) is 5.82 Å². The molecule has 0 unspecified atom stereocenters. The summed E-state index contributed by atoms with van der Waals surface area (Å²) in [7, 11) is 0. The Morgan fingerprint density at radius 1 is 1.00 bits per heavy atom. The fourth-order valence-corrected chi connectivity index (χ4v) is 4.37. The number of para-hydroxylation sites is 1. The second kappa shape index (κ2) is 7.68. The van der Waals surface area contributed by atoms with Gasteiger partial charge < -0.3 is 5.32 Å². The molecule has 0 atom stereocenters. The van der Waals surface area contributed by atoms with Crippen LogP contribution in [0.15, 0.2) is 66.3 Å². The van der Waals surface area contributed by atoms with Gasteiger partial charge in [-0.05, 0) is 49.7 Å². The van der Waals surface area contributed by atoms with Crippen LogP contribution in [0.1, 0.15) is 17.0 Å². The number of thiazole rings is 1. The van der Waals surface area contributed by atoms with Crippen LogP contribution < -0.4 is 5.32 Å². The number of hydrogen-bond donors (Lipinski definition) is 1. The van der Waals surface area contributed by atoms with Crippen LogP contribution in [-0.2, 0) is 6.54 Å². The smallest absolute Gasteiger partial charge is 0.165 e. The fourth-order valence-electron chi connectivity index (χ4n) is 3.54. The quantitative estimate of drug-likeness (QED) is 0.431. The van der Waals surface area contributed by atoms with E-state index in [9.17, 15) is 0 Å². The number of nitrogens with one attached hydrogen (secondary N) is 1. The second-order valence-electron chi connectivity index (χ2n) is 7.09. The molecule has 5 rings (SSSR count). The first-order chi connectivity index (χ1) is 14.7. The summed E-state index contributed by atoms with van der Waals surface area (Å²) >= 11 is 1.63. The molecule has 1 aromatic carbocycles. The molecular formula is C23H20N6S. The second-order valence-corrected chi connectivity index (χ2v) is 7.95. The molecule has 148 valence electrons. The number of pyridine rings is 2. The summed E-state index contributed by atoms with van der Waals surface area (Å²) in [4.78, 5) is 13.7.